The highest BCUT2D eigenvalue weighted by molar-refractivity contribution is 9.10. The highest BCUT2D eigenvalue weighted by Crippen LogP contribution is 2.39. The molecule has 0 bridgehead atoms. The van der Waals surface area contributed by atoms with Gasteiger partial charge in [-0.2, -0.15) is 5.26 Å². The summed E-state index contributed by atoms with van der Waals surface area (Å²) in [4.78, 5) is 2.26. The Hall–Kier alpha value is -1.01. The van der Waals surface area contributed by atoms with Crippen LogP contribution in [-0.2, 0) is 0 Å². The maximum atomic E-state index is 8.80. The normalized spacial score (nSPS) is 22.6. The summed E-state index contributed by atoms with van der Waals surface area (Å²) in [5.74, 6) is 1.71. The van der Waals surface area contributed by atoms with Gasteiger partial charge in [-0.15, -0.1) is 0 Å². The van der Waals surface area contributed by atoms with Crippen molar-refractivity contribution in [1.82, 2.24) is 0 Å². The van der Waals surface area contributed by atoms with Gasteiger partial charge in [0, 0.05) is 18.1 Å². The van der Waals surface area contributed by atoms with E-state index in [0.717, 1.165) is 28.5 Å². The fraction of sp³-hybridized carbons (Fsp3) is 0.462. The van der Waals surface area contributed by atoms with E-state index in [0.29, 0.717) is 5.56 Å². The molecule has 2 unspecified atom stereocenters. The first-order valence-electron chi connectivity index (χ1n) is 5.52. The highest BCUT2D eigenvalue weighted by Gasteiger charge is 2.33. The lowest BCUT2D eigenvalue weighted by Crippen LogP contribution is -2.20. The smallest absolute Gasteiger partial charge is 0.0992 e. The molecule has 84 valence electrons. The molecule has 1 fully saturated rings. The van der Waals surface area contributed by atoms with Gasteiger partial charge in [0.05, 0.1) is 17.3 Å². The second-order valence-corrected chi connectivity index (χ2v) is 5.49. The first kappa shape index (κ1) is 11.5. The van der Waals surface area contributed by atoms with E-state index in [9.17, 15) is 0 Å². The number of halogens is 1. The average Bonchev–Trinajstić information content (AvgIpc) is 2.93. The summed E-state index contributed by atoms with van der Waals surface area (Å²) in [6.07, 6.45) is 1.35. The molecule has 0 N–H and O–H groups in total. The van der Waals surface area contributed by atoms with Gasteiger partial charge in [-0.3, -0.25) is 0 Å². The van der Waals surface area contributed by atoms with Crippen LogP contribution < -0.4 is 4.90 Å². The predicted molar refractivity (Wildman–Crippen MR) is 69.4 cm³/mol. The van der Waals surface area contributed by atoms with Crippen LogP contribution in [-0.4, -0.2) is 13.6 Å². The van der Waals surface area contributed by atoms with Gasteiger partial charge < -0.3 is 4.90 Å². The molecule has 0 spiro atoms. The zero-order chi connectivity index (χ0) is 11.7. The van der Waals surface area contributed by atoms with Gasteiger partial charge >= 0.3 is 0 Å². The van der Waals surface area contributed by atoms with Crippen LogP contribution in [0, 0.1) is 23.2 Å². The molecule has 1 aromatic carbocycles. The Kier molecular flexibility index (Phi) is 3.20. The zero-order valence-corrected chi connectivity index (χ0v) is 11.2. The number of hydrogen-bond donors (Lipinski definition) is 0. The van der Waals surface area contributed by atoms with Crippen LogP contribution in [0.3, 0.4) is 0 Å². The Morgan fingerprint density at radius 1 is 1.56 bits per heavy atom. The van der Waals surface area contributed by atoms with E-state index in [2.05, 4.69) is 40.9 Å². The van der Waals surface area contributed by atoms with Gasteiger partial charge in [-0.05, 0) is 52.4 Å². The molecular formula is C13H15BrN2. The second kappa shape index (κ2) is 4.47. The van der Waals surface area contributed by atoms with E-state index in [1.54, 1.807) is 0 Å². The van der Waals surface area contributed by atoms with Crippen LogP contribution in [0.25, 0.3) is 0 Å². The highest BCUT2D eigenvalue weighted by atomic mass is 79.9. The lowest BCUT2D eigenvalue weighted by molar-refractivity contribution is 0.724. The SMILES string of the molecule is CC1CC1CN(C)c1ccc(C#N)cc1Br. The molecule has 0 radical (unpaired) electrons. The number of nitrogens with zero attached hydrogens (tertiary/aromatic N) is 2. The minimum atomic E-state index is 0.698. The van der Waals surface area contributed by atoms with E-state index in [1.807, 2.05) is 18.2 Å². The van der Waals surface area contributed by atoms with Crippen LogP contribution in [0.1, 0.15) is 18.9 Å². The van der Waals surface area contributed by atoms with Crippen molar-refractivity contribution in [3.8, 4) is 6.07 Å². The molecule has 0 saturated heterocycles. The number of benzene rings is 1. The first-order chi connectivity index (χ1) is 7.61. The van der Waals surface area contributed by atoms with E-state index in [1.165, 1.54) is 6.42 Å². The van der Waals surface area contributed by atoms with Crippen molar-refractivity contribution in [2.75, 3.05) is 18.5 Å². The molecule has 2 nitrogen and oxygen atoms in total. The van der Waals surface area contributed by atoms with E-state index in [-0.39, 0.29) is 0 Å². The molecule has 0 aromatic heterocycles. The van der Waals surface area contributed by atoms with Crippen LogP contribution in [0.4, 0.5) is 5.69 Å². The van der Waals surface area contributed by atoms with Crippen molar-refractivity contribution >= 4 is 21.6 Å². The topological polar surface area (TPSA) is 27.0 Å². The van der Waals surface area contributed by atoms with E-state index >= 15 is 0 Å². The molecule has 1 aromatic rings. The summed E-state index contributed by atoms with van der Waals surface area (Å²) >= 11 is 3.52. The molecule has 0 aliphatic heterocycles. The number of anilines is 1. The van der Waals surface area contributed by atoms with Gasteiger partial charge in [0.2, 0.25) is 0 Å². The third-order valence-corrected chi connectivity index (χ3v) is 3.91. The molecule has 3 heteroatoms. The van der Waals surface area contributed by atoms with Gasteiger partial charge in [-0.1, -0.05) is 6.92 Å². The standard InChI is InChI=1S/C13H15BrN2/c1-9-5-11(9)8-16(2)13-4-3-10(7-15)6-12(13)14/h3-4,6,9,11H,5,8H2,1-2H3. The summed E-state index contributed by atoms with van der Waals surface area (Å²) in [6.45, 7) is 3.40. The zero-order valence-electron chi connectivity index (χ0n) is 9.57. The lowest BCUT2D eigenvalue weighted by atomic mass is 10.2. The number of rotatable bonds is 3. The Balaban J connectivity index is 2.11. The van der Waals surface area contributed by atoms with Crippen LogP contribution in [0.2, 0.25) is 0 Å². The van der Waals surface area contributed by atoms with Crippen LogP contribution in [0.15, 0.2) is 22.7 Å². The van der Waals surface area contributed by atoms with Crippen molar-refractivity contribution in [3.05, 3.63) is 28.2 Å². The Labute approximate surface area is 105 Å². The Bertz CT molecular complexity index is 436. The molecule has 0 heterocycles. The number of hydrogen-bond acceptors (Lipinski definition) is 2. The first-order valence-corrected chi connectivity index (χ1v) is 6.32. The fourth-order valence-corrected chi connectivity index (χ4v) is 2.67. The van der Waals surface area contributed by atoms with Gasteiger partial charge in [0.25, 0.3) is 0 Å². The van der Waals surface area contributed by atoms with Gasteiger partial charge in [-0.25, -0.2) is 0 Å². The monoisotopic (exact) mass is 278 g/mol. The molecule has 2 atom stereocenters. The average molecular weight is 279 g/mol. The summed E-state index contributed by atoms with van der Waals surface area (Å²) in [5.41, 5.74) is 1.86. The maximum absolute atomic E-state index is 8.80. The molecule has 2 rings (SSSR count). The summed E-state index contributed by atoms with van der Waals surface area (Å²) in [5, 5.41) is 8.80. The van der Waals surface area contributed by atoms with Gasteiger partial charge in [0.15, 0.2) is 0 Å². The van der Waals surface area contributed by atoms with Crippen LogP contribution in [0.5, 0.6) is 0 Å². The second-order valence-electron chi connectivity index (χ2n) is 4.63. The third-order valence-electron chi connectivity index (χ3n) is 3.27. The van der Waals surface area contributed by atoms with Crippen molar-refractivity contribution in [2.24, 2.45) is 11.8 Å². The fourth-order valence-electron chi connectivity index (χ4n) is 1.99. The van der Waals surface area contributed by atoms with Gasteiger partial charge in [0.1, 0.15) is 0 Å². The largest absolute Gasteiger partial charge is 0.373 e. The van der Waals surface area contributed by atoms with Crippen molar-refractivity contribution in [1.29, 1.82) is 5.26 Å². The lowest BCUT2D eigenvalue weighted by Gasteiger charge is -2.20. The van der Waals surface area contributed by atoms with E-state index in [4.69, 9.17) is 5.26 Å². The molecular weight excluding hydrogens is 264 g/mol. The molecule has 1 aliphatic carbocycles. The summed E-state index contributed by atoms with van der Waals surface area (Å²) in [7, 11) is 2.11. The Morgan fingerprint density at radius 3 is 2.75 bits per heavy atom. The summed E-state index contributed by atoms with van der Waals surface area (Å²) in [6, 6.07) is 7.90. The van der Waals surface area contributed by atoms with E-state index < -0.39 is 0 Å². The van der Waals surface area contributed by atoms with Crippen molar-refractivity contribution in [3.63, 3.8) is 0 Å². The molecule has 1 aliphatic rings. The van der Waals surface area contributed by atoms with Crippen molar-refractivity contribution in [2.45, 2.75) is 13.3 Å². The maximum Gasteiger partial charge on any atom is 0.0992 e. The van der Waals surface area contributed by atoms with Crippen molar-refractivity contribution < 1.29 is 0 Å². The molecule has 1 saturated carbocycles. The minimum absolute atomic E-state index is 0.698. The molecule has 0 amide bonds. The summed E-state index contributed by atoms with van der Waals surface area (Å²) < 4.78 is 1.00. The minimum Gasteiger partial charge on any atom is -0.373 e. The number of nitriles is 1. The van der Waals surface area contributed by atoms with Crippen LogP contribution >= 0.6 is 15.9 Å². The quantitative estimate of drug-likeness (QED) is 0.847. The molecule has 16 heavy (non-hydrogen) atoms. The Morgan fingerprint density at radius 2 is 2.25 bits per heavy atom. The third kappa shape index (κ3) is 2.38. The predicted octanol–water partition coefficient (Wildman–Crippen LogP) is 3.41.